The molecule has 3 rings (SSSR count). The highest BCUT2D eigenvalue weighted by Gasteiger charge is 2.28. The van der Waals surface area contributed by atoms with Gasteiger partial charge in [-0.2, -0.15) is 0 Å². The second kappa shape index (κ2) is 8.42. The molecule has 0 saturated heterocycles. The van der Waals surface area contributed by atoms with Gasteiger partial charge in [-0.1, -0.05) is 13.0 Å². The molecule has 3 heterocycles. The average Bonchev–Trinajstić information content (AvgIpc) is 2.96. The van der Waals surface area contributed by atoms with Crippen molar-refractivity contribution >= 4 is 17.6 Å². The Morgan fingerprint density at radius 2 is 2.19 bits per heavy atom. The van der Waals surface area contributed by atoms with Gasteiger partial charge in [0.25, 0.3) is 5.91 Å². The Hall–Kier alpha value is -2.96. The molecule has 2 aromatic heterocycles. The first kappa shape index (κ1) is 17.8. The number of aromatic nitrogens is 2. The zero-order chi connectivity index (χ0) is 18.4. The molecule has 0 bridgehead atoms. The van der Waals surface area contributed by atoms with Gasteiger partial charge >= 0.3 is 0 Å². The molecule has 0 aliphatic carbocycles. The van der Waals surface area contributed by atoms with Gasteiger partial charge in [0.2, 0.25) is 5.91 Å². The van der Waals surface area contributed by atoms with Crippen molar-refractivity contribution in [3.05, 3.63) is 53.5 Å². The lowest BCUT2D eigenvalue weighted by molar-refractivity contribution is -0.121. The van der Waals surface area contributed by atoms with Crippen molar-refractivity contribution in [1.82, 2.24) is 20.2 Å². The third kappa shape index (κ3) is 4.36. The highest BCUT2D eigenvalue weighted by atomic mass is 16.2. The molecule has 2 aromatic rings. The largest absolute Gasteiger partial charge is 0.366 e. The van der Waals surface area contributed by atoms with Gasteiger partial charge < -0.3 is 15.5 Å². The lowest BCUT2D eigenvalue weighted by Gasteiger charge is -2.15. The molecule has 0 unspecified atom stereocenters. The van der Waals surface area contributed by atoms with Gasteiger partial charge in [0.05, 0.1) is 17.8 Å². The first-order chi connectivity index (χ1) is 12.7. The topological polar surface area (TPSA) is 87.2 Å². The second-order valence-corrected chi connectivity index (χ2v) is 6.23. The number of fused-ring (bicyclic) bond motifs is 1. The van der Waals surface area contributed by atoms with Crippen LogP contribution < -0.4 is 10.6 Å². The van der Waals surface area contributed by atoms with E-state index in [0.29, 0.717) is 38.2 Å². The lowest BCUT2D eigenvalue weighted by atomic mass is 10.2. The maximum absolute atomic E-state index is 12.4. The number of rotatable bonds is 8. The fourth-order valence-electron chi connectivity index (χ4n) is 2.86. The van der Waals surface area contributed by atoms with Crippen LogP contribution in [0, 0.1) is 0 Å². The smallest absolute Gasteiger partial charge is 0.256 e. The van der Waals surface area contributed by atoms with E-state index >= 15 is 0 Å². The van der Waals surface area contributed by atoms with E-state index in [1.807, 2.05) is 31.2 Å². The van der Waals surface area contributed by atoms with Crippen molar-refractivity contribution in [2.24, 2.45) is 0 Å². The van der Waals surface area contributed by atoms with E-state index in [0.717, 1.165) is 23.5 Å². The molecule has 136 valence electrons. The zero-order valence-corrected chi connectivity index (χ0v) is 14.9. The van der Waals surface area contributed by atoms with Crippen LogP contribution in [0.4, 0.5) is 5.82 Å². The van der Waals surface area contributed by atoms with E-state index in [1.54, 1.807) is 17.3 Å². The molecule has 2 N–H and O–H groups in total. The zero-order valence-electron chi connectivity index (χ0n) is 14.9. The van der Waals surface area contributed by atoms with E-state index in [9.17, 15) is 9.59 Å². The minimum atomic E-state index is -0.0314. The SMILES string of the molecule is CCCC(=O)NCCN1Cc2nc(NCc3cccnc3)ccc2C1=O. The molecule has 0 saturated carbocycles. The summed E-state index contributed by atoms with van der Waals surface area (Å²) in [5.41, 5.74) is 2.47. The average molecular weight is 353 g/mol. The van der Waals surface area contributed by atoms with Crippen LogP contribution >= 0.6 is 0 Å². The molecular formula is C19H23N5O2. The molecule has 26 heavy (non-hydrogen) atoms. The second-order valence-electron chi connectivity index (χ2n) is 6.23. The van der Waals surface area contributed by atoms with Crippen LogP contribution in [0.1, 0.15) is 41.4 Å². The summed E-state index contributed by atoms with van der Waals surface area (Å²) in [6.45, 7) is 4.01. The number of nitrogens with one attached hydrogen (secondary N) is 2. The predicted octanol–water partition coefficient (Wildman–Crippen LogP) is 1.96. The number of carbonyl (C=O) groups is 2. The highest BCUT2D eigenvalue weighted by Crippen LogP contribution is 2.22. The summed E-state index contributed by atoms with van der Waals surface area (Å²) >= 11 is 0. The molecule has 0 aromatic carbocycles. The highest BCUT2D eigenvalue weighted by molar-refractivity contribution is 5.98. The number of hydrogen-bond acceptors (Lipinski definition) is 5. The third-order valence-electron chi connectivity index (χ3n) is 4.21. The maximum atomic E-state index is 12.4. The van der Waals surface area contributed by atoms with Gasteiger partial charge in [-0.05, 0) is 30.2 Å². The minimum absolute atomic E-state index is 0.0247. The molecule has 0 radical (unpaired) electrons. The summed E-state index contributed by atoms with van der Waals surface area (Å²) in [7, 11) is 0. The summed E-state index contributed by atoms with van der Waals surface area (Å²) in [6.07, 6.45) is 4.88. The van der Waals surface area contributed by atoms with Crippen molar-refractivity contribution in [3.63, 3.8) is 0 Å². The minimum Gasteiger partial charge on any atom is -0.366 e. The van der Waals surface area contributed by atoms with Crippen molar-refractivity contribution in [1.29, 1.82) is 0 Å². The maximum Gasteiger partial charge on any atom is 0.256 e. The van der Waals surface area contributed by atoms with E-state index < -0.39 is 0 Å². The number of anilines is 1. The van der Waals surface area contributed by atoms with Crippen LogP contribution in [-0.2, 0) is 17.9 Å². The number of amides is 2. The van der Waals surface area contributed by atoms with E-state index in [2.05, 4.69) is 20.6 Å². The summed E-state index contributed by atoms with van der Waals surface area (Å²) in [6, 6.07) is 7.51. The Bertz CT molecular complexity index is 779. The Kier molecular flexibility index (Phi) is 5.78. The molecule has 2 amide bonds. The Morgan fingerprint density at radius 3 is 2.96 bits per heavy atom. The van der Waals surface area contributed by atoms with Gasteiger partial charge in [0.15, 0.2) is 0 Å². The van der Waals surface area contributed by atoms with Gasteiger partial charge in [0.1, 0.15) is 5.82 Å². The first-order valence-electron chi connectivity index (χ1n) is 8.86. The molecule has 0 atom stereocenters. The number of pyridine rings is 2. The predicted molar refractivity (Wildman–Crippen MR) is 98.5 cm³/mol. The quantitative estimate of drug-likeness (QED) is 0.757. The molecule has 7 nitrogen and oxygen atoms in total. The molecule has 0 fully saturated rings. The Balaban J connectivity index is 1.55. The molecule has 7 heteroatoms. The summed E-state index contributed by atoms with van der Waals surface area (Å²) in [5.74, 6) is 0.728. The normalized spacial score (nSPS) is 12.8. The van der Waals surface area contributed by atoms with Crippen LogP contribution in [0.3, 0.4) is 0 Å². The molecular weight excluding hydrogens is 330 g/mol. The van der Waals surface area contributed by atoms with Crippen molar-refractivity contribution in [3.8, 4) is 0 Å². The molecule has 1 aliphatic heterocycles. The fourth-order valence-corrected chi connectivity index (χ4v) is 2.86. The molecule has 1 aliphatic rings. The van der Waals surface area contributed by atoms with Crippen molar-refractivity contribution in [2.45, 2.75) is 32.9 Å². The fraction of sp³-hybridized carbons (Fsp3) is 0.368. The molecule has 0 spiro atoms. The van der Waals surface area contributed by atoms with Crippen molar-refractivity contribution in [2.75, 3.05) is 18.4 Å². The Labute approximate surface area is 152 Å². The first-order valence-corrected chi connectivity index (χ1v) is 8.86. The number of nitrogens with zero attached hydrogens (tertiary/aromatic N) is 3. The monoisotopic (exact) mass is 353 g/mol. The number of carbonyl (C=O) groups excluding carboxylic acids is 2. The summed E-state index contributed by atoms with van der Waals surface area (Å²) in [5, 5.41) is 6.09. The van der Waals surface area contributed by atoms with Crippen molar-refractivity contribution < 1.29 is 9.59 Å². The standard InChI is InChI=1S/C19H23N5O2/c1-2-4-18(25)21-9-10-24-13-16-15(19(24)26)6-7-17(23-16)22-12-14-5-3-8-20-11-14/h3,5-8,11H,2,4,9-10,12-13H2,1H3,(H,21,25)(H,22,23). The van der Waals surface area contributed by atoms with Crippen LogP contribution in [-0.4, -0.2) is 39.8 Å². The van der Waals surface area contributed by atoms with Crippen LogP contribution in [0.25, 0.3) is 0 Å². The van der Waals surface area contributed by atoms with Crippen LogP contribution in [0.2, 0.25) is 0 Å². The van der Waals surface area contributed by atoms with E-state index in [1.165, 1.54) is 0 Å². The summed E-state index contributed by atoms with van der Waals surface area (Å²) < 4.78 is 0. The van der Waals surface area contributed by atoms with Gasteiger partial charge in [0, 0.05) is 38.4 Å². The van der Waals surface area contributed by atoms with Gasteiger partial charge in [-0.25, -0.2) is 4.98 Å². The summed E-state index contributed by atoms with van der Waals surface area (Å²) in [4.78, 5) is 34.3. The van der Waals surface area contributed by atoms with Gasteiger partial charge in [-0.3, -0.25) is 14.6 Å². The van der Waals surface area contributed by atoms with E-state index in [-0.39, 0.29) is 11.8 Å². The lowest BCUT2D eigenvalue weighted by Crippen LogP contribution is -2.35. The number of hydrogen-bond donors (Lipinski definition) is 2. The van der Waals surface area contributed by atoms with E-state index in [4.69, 9.17) is 0 Å². The third-order valence-corrected chi connectivity index (χ3v) is 4.21. The van der Waals surface area contributed by atoms with Crippen LogP contribution in [0.5, 0.6) is 0 Å². The van der Waals surface area contributed by atoms with Crippen LogP contribution in [0.15, 0.2) is 36.7 Å². The Morgan fingerprint density at radius 1 is 1.31 bits per heavy atom. The van der Waals surface area contributed by atoms with Gasteiger partial charge in [-0.15, -0.1) is 0 Å².